The fraction of sp³-hybridized carbons (Fsp3) is 0.188. The zero-order valence-corrected chi connectivity index (χ0v) is 12.9. The highest BCUT2D eigenvalue weighted by Crippen LogP contribution is 2.15. The summed E-state index contributed by atoms with van der Waals surface area (Å²) in [4.78, 5) is 10.9. The lowest BCUT2D eigenvalue weighted by atomic mass is 10.1. The molecule has 22 heavy (non-hydrogen) atoms. The van der Waals surface area contributed by atoms with Crippen molar-refractivity contribution >= 4 is 21.5 Å². The summed E-state index contributed by atoms with van der Waals surface area (Å²) in [6.45, 7) is 0.575. The van der Waals surface area contributed by atoms with Gasteiger partial charge in [0.1, 0.15) is 0 Å². The number of carboxylic acids is 1. The monoisotopic (exact) mass is 319 g/mol. The molecule has 2 aromatic carbocycles. The second-order valence-electron chi connectivity index (χ2n) is 5.04. The molecule has 5 nitrogen and oxygen atoms in total. The Bertz CT molecular complexity index is 750. The molecule has 0 aromatic heterocycles. The summed E-state index contributed by atoms with van der Waals surface area (Å²) in [6.07, 6.45) is 1.19. The van der Waals surface area contributed by atoms with Crippen molar-refractivity contribution in [2.75, 3.05) is 11.6 Å². The van der Waals surface area contributed by atoms with E-state index in [0.717, 1.165) is 16.8 Å². The topological polar surface area (TPSA) is 83.5 Å². The first-order valence-corrected chi connectivity index (χ1v) is 8.57. The van der Waals surface area contributed by atoms with E-state index in [4.69, 9.17) is 5.11 Å². The minimum atomic E-state index is -3.18. The second-order valence-corrected chi connectivity index (χ2v) is 7.05. The van der Waals surface area contributed by atoms with Gasteiger partial charge in [0.2, 0.25) is 0 Å². The lowest BCUT2D eigenvalue weighted by Gasteiger charge is -2.08. The molecule has 0 atom stereocenters. The molecule has 0 aliphatic carbocycles. The van der Waals surface area contributed by atoms with E-state index in [1.165, 1.54) is 6.26 Å². The molecular formula is C16H17NO4S. The Morgan fingerprint density at radius 3 is 2.05 bits per heavy atom. The minimum absolute atomic E-state index is 0.0145. The van der Waals surface area contributed by atoms with Gasteiger partial charge in [-0.05, 0) is 35.4 Å². The quantitative estimate of drug-likeness (QED) is 0.854. The molecule has 0 heterocycles. The molecule has 0 aliphatic heterocycles. The maximum absolute atomic E-state index is 11.4. The van der Waals surface area contributed by atoms with Crippen LogP contribution in [0.4, 0.5) is 5.69 Å². The van der Waals surface area contributed by atoms with Gasteiger partial charge in [-0.15, -0.1) is 0 Å². The highest BCUT2D eigenvalue weighted by atomic mass is 32.2. The molecule has 0 bridgehead atoms. The van der Waals surface area contributed by atoms with Crippen molar-refractivity contribution in [3.8, 4) is 0 Å². The molecule has 0 amide bonds. The van der Waals surface area contributed by atoms with Crippen molar-refractivity contribution < 1.29 is 18.3 Å². The van der Waals surface area contributed by atoms with Gasteiger partial charge in [0.15, 0.2) is 9.84 Å². The first kappa shape index (κ1) is 16.0. The van der Waals surface area contributed by atoms with Crippen LogP contribution in [-0.4, -0.2) is 25.7 Å². The van der Waals surface area contributed by atoms with Crippen LogP contribution in [-0.2, 0) is 27.6 Å². The molecule has 0 fully saturated rings. The van der Waals surface area contributed by atoms with E-state index in [1.807, 2.05) is 12.1 Å². The molecule has 0 saturated heterocycles. The third-order valence-corrected chi connectivity index (χ3v) is 4.29. The average molecular weight is 319 g/mol. The van der Waals surface area contributed by atoms with E-state index < -0.39 is 15.8 Å². The van der Waals surface area contributed by atoms with Crippen LogP contribution in [0.25, 0.3) is 0 Å². The molecule has 2 rings (SSSR count). The van der Waals surface area contributed by atoms with E-state index in [9.17, 15) is 13.2 Å². The van der Waals surface area contributed by atoms with E-state index in [0.29, 0.717) is 6.54 Å². The highest BCUT2D eigenvalue weighted by Gasteiger charge is 2.06. The number of benzene rings is 2. The maximum atomic E-state index is 11.4. The van der Waals surface area contributed by atoms with Crippen LogP contribution in [0.5, 0.6) is 0 Å². The number of sulfone groups is 1. The van der Waals surface area contributed by atoms with Gasteiger partial charge in [-0.1, -0.05) is 24.3 Å². The Balaban J connectivity index is 1.96. The van der Waals surface area contributed by atoms with E-state index in [-0.39, 0.29) is 11.3 Å². The van der Waals surface area contributed by atoms with Crippen LogP contribution in [0.1, 0.15) is 11.1 Å². The van der Waals surface area contributed by atoms with Crippen LogP contribution < -0.4 is 5.32 Å². The Labute approximate surface area is 129 Å². The molecular weight excluding hydrogens is 302 g/mol. The Kier molecular flexibility index (Phi) is 4.82. The van der Waals surface area contributed by atoms with Gasteiger partial charge in [0.25, 0.3) is 0 Å². The van der Waals surface area contributed by atoms with Crippen molar-refractivity contribution in [1.29, 1.82) is 0 Å². The Hall–Kier alpha value is -2.34. The molecule has 0 radical (unpaired) electrons. The van der Waals surface area contributed by atoms with Crippen molar-refractivity contribution in [2.45, 2.75) is 17.9 Å². The van der Waals surface area contributed by atoms with Gasteiger partial charge < -0.3 is 10.4 Å². The standard InChI is InChI=1S/C16H17NO4S/c1-22(20,21)15-8-6-14(7-9-15)17-11-13-4-2-12(3-5-13)10-16(18)19/h2-9,17H,10-11H2,1H3,(H,18,19). The second kappa shape index (κ2) is 6.62. The maximum Gasteiger partial charge on any atom is 0.307 e. The number of anilines is 1. The SMILES string of the molecule is CS(=O)(=O)c1ccc(NCc2ccc(CC(=O)O)cc2)cc1. The van der Waals surface area contributed by atoms with Gasteiger partial charge in [0.05, 0.1) is 11.3 Å². The van der Waals surface area contributed by atoms with Crippen molar-refractivity contribution in [3.63, 3.8) is 0 Å². The number of aliphatic carboxylic acids is 1. The summed E-state index contributed by atoms with van der Waals surface area (Å²) in [6, 6.07) is 13.9. The molecule has 0 saturated carbocycles. The zero-order valence-electron chi connectivity index (χ0n) is 12.1. The number of nitrogens with one attached hydrogen (secondary N) is 1. The molecule has 2 N–H and O–H groups in total. The Morgan fingerprint density at radius 2 is 1.55 bits per heavy atom. The van der Waals surface area contributed by atoms with Crippen LogP contribution in [0.3, 0.4) is 0 Å². The fourth-order valence-electron chi connectivity index (χ4n) is 1.97. The van der Waals surface area contributed by atoms with Crippen molar-refractivity contribution in [2.24, 2.45) is 0 Å². The molecule has 116 valence electrons. The van der Waals surface area contributed by atoms with Gasteiger partial charge >= 0.3 is 5.97 Å². The predicted octanol–water partition coefficient (Wildman–Crippen LogP) is 2.33. The summed E-state index contributed by atoms with van der Waals surface area (Å²) in [5, 5.41) is 11.9. The van der Waals surface area contributed by atoms with E-state index in [2.05, 4.69) is 5.32 Å². The zero-order chi connectivity index (χ0) is 16.2. The fourth-order valence-corrected chi connectivity index (χ4v) is 2.60. The molecule has 0 spiro atoms. The van der Waals surface area contributed by atoms with E-state index >= 15 is 0 Å². The number of carboxylic acid groups (broad SMARTS) is 1. The number of carbonyl (C=O) groups is 1. The molecule has 0 unspecified atom stereocenters. The summed E-state index contributed by atoms with van der Waals surface area (Å²) in [7, 11) is -3.18. The largest absolute Gasteiger partial charge is 0.481 e. The smallest absolute Gasteiger partial charge is 0.307 e. The van der Waals surface area contributed by atoms with Crippen molar-refractivity contribution in [3.05, 3.63) is 59.7 Å². The summed E-state index contributed by atoms with van der Waals surface area (Å²) < 4.78 is 22.7. The van der Waals surface area contributed by atoms with Gasteiger partial charge in [0, 0.05) is 18.5 Å². The lowest BCUT2D eigenvalue weighted by molar-refractivity contribution is -0.136. The average Bonchev–Trinajstić information content (AvgIpc) is 2.45. The minimum Gasteiger partial charge on any atom is -0.481 e. The van der Waals surface area contributed by atoms with Crippen LogP contribution in [0.2, 0.25) is 0 Å². The van der Waals surface area contributed by atoms with Crippen molar-refractivity contribution in [1.82, 2.24) is 0 Å². The van der Waals surface area contributed by atoms with Gasteiger partial charge in [-0.25, -0.2) is 8.42 Å². The van der Waals surface area contributed by atoms with Gasteiger partial charge in [-0.3, -0.25) is 4.79 Å². The summed E-state index contributed by atoms with van der Waals surface area (Å²) >= 11 is 0. The Morgan fingerprint density at radius 1 is 1.00 bits per heavy atom. The van der Waals surface area contributed by atoms with Crippen LogP contribution in [0.15, 0.2) is 53.4 Å². The van der Waals surface area contributed by atoms with Gasteiger partial charge in [-0.2, -0.15) is 0 Å². The number of hydrogen-bond acceptors (Lipinski definition) is 4. The molecule has 0 aliphatic rings. The number of rotatable bonds is 6. The normalized spacial score (nSPS) is 11.1. The first-order valence-electron chi connectivity index (χ1n) is 6.68. The lowest BCUT2D eigenvalue weighted by Crippen LogP contribution is -2.02. The van der Waals surface area contributed by atoms with Crippen LogP contribution >= 0.6 is 0 Å². The first-order chi connectivity index (χ1) is 10.3. The predicted molar refractivity (Wildman–Crippen MR) is 84.7 cm³/mol. The summed E-state index contributed by atoms with van der Waals surface area (Å²) in [5.41, 5.74) is 2.59. The number of hydrogen-bond donors (Lipinski definition) is 2. The summed E-state index contributed by atoms with van der Waals surface area (Å²) in [5.74, 6) is -0.850. The van der Waals surface area contributed by atoms with E-state index in [1.54, 1.807) is 36.4 Å². The third kappa shape index (κ3) is 4.60. The third-order valence-electron chi connectivity index (χ3n) is 3.16. The highest BCUT2D eigenvalue weighted by molar-refractivity contribution is 7.90. The molecule has 6 heteroatoms. The van der Waals surface area contributed by atoms with Crippen LogP contribution in [0, 0.1) is 0 Å². The molecule has 2 aromatic rings.